The molecule has 1 amide bonds. The molecule has 2 N–H and O–H groups in total. The number of esters is 1. The number of hydrogen-bond donors (Lipinski definition) is 2. The molecular weight excluding hydrogens is 548 g/mol. The molecule has 2 aliphatic rings. The van der Waals surface area contributed by atoms with Gasteiger partial charge in [-0.2, -0.15) is 0 Å². The Bertz CT molecular complexity index is 1400. The first-order valence-corrected chi connectivity index (χ1v) is 14.8. The van der Waals surface area contributed by atoms with Crippen molar-refractivity contribution in [3.05, 3.63) is 49.1 Å². The van der Waals surface area contributed by atoms with Crippen LogP contribution in [0.5, 0.6) is 0 Å². The molecule has 5 rings (SSSR count). The van der Waals surface area contributed by atoms with E-state index in [-0.39, 0.29) is 24.0 Å². The van der Waals surface area contributed by atoms with Gasteiger partial charge in [0, 0.05) is 68.1 Å². The monoisotopic (exact) mass is 588 g/mol. The summed E-state index contributed by atoms with van der Waals surface area (Å²) in [7, 11) is 1.45. The maximum Gasteiger partial charge on any atom is 0.410 e. The Kier molecular flexibility index (Phi) is 9.22. The first-order valence-electron chi connectivity index (χ1n) is 14.8. The third kappa shape index (κ3) is 8.08. The fraction of sp³-hybridized carbons (Fsp3) is 0.484. The van der Waals surface area contributed by atoms with Crippen LogP contribution >= 0.6 is 0 Å². The van der Waals surface area contributed by atoms with Crippen molar-refractivity contribution in [2.24, 2.45) is 5.92 Å². The Hall–Kier alpha value is -4.48. The van der Waals surface area contributed by atoms with Crippen LogP contribution in [-0.4, -0.2) is 81.8 Å². The van der Waals surface area contributed by atoms with E-state index in [1.54, 1.807) is 29.7 Å². The van der Waals surface area contributed by atoms with Crippen LogP contribution in [0.4, 0.5) is 27.9 Å². The van der Waals surface area contributed by atoms with Gasteiger partial charge in [0.25, 0.3) is 0 Å². The molecule has 3 aromatic heterocycles. The molecule has 0 radical (unpaired) electrons. The number of ether oxygens (including phenoxy) is 2. The summed E-state index contributed by atoms with van der Waals surface area (Å²) in [5.74, 6) is 1.89. The third-order valence-corrected chi connectivity index (χ3v) is 7.57. The third-order valence-electron chi connectivity index (χ3n) is 7.57. The maximum absolute atomic E-state index is 12.5. The van der Waals surface area contributed by atoms with E-state index in [0.29, 0.717) is 37.8 Å². The number of carbonyl (C=O) groups is 2. The van der Waals surface area contributed by atoms with Crippen LogP contribution in [0.2, 0.25) is 0 Å². The second kappa shape index (κ2) is 13.2. The molecule has 12 nitrogen and oxygen atoms in total. The van der Waals surface area contributed by atoms with Crippen LogP contribution < -0.4 is 15.5 Å². The number of piperazine rings is 1. The van der Waals surface area contributed by atoms with Crippen LogP contribution in [0, 0.1) is 5.92 Å². The lowest BCUT2D eigenvalue weighted by Crippen LogP contribution is -2.50. The lowest BCUT2D eigenvalue weighted by atomic mass is 9.86. The average Bonchev–Trinajstić information content (AvgIpc) is 3.01. The van der Waals surface area contributed by atoms with Crippen molar-refractivity contribution in [2.75, 3.05) is 48.8 Å². The van der Waals surface area contributed by atoms with Crippen molar-refractivity contribution < 1.29 is 19.1 Å². The summed E-state index contributed by atoms with van der Waals surface area (Å²) in [6.07, 6.45) is 9.74. The normalized spacial score (nSPS) is 19.0. The van der Waals surface area contributed by atoms with E-state index in [2.05, 4.69) is 30.5 Å². The number of aromatic nitrogens is 4. The molecule has 1 saturated carbocycles. The van der Waals surface area contributed by atoms with Crippen LogP contribution in [0.1, 0.15) is 46.5 Å². The first-order chi connectivity index (χ1) is 20.7. The fourth-order valence-electron chi connectivity index (χ4n) is 5.39. The van der Waals surface area contributed by atoms with Crippen molar-refractivity contribution in [3.8, 4) is 11.3 Å². The quantitative estimate of drug-likeness (QED) is 0.366. The van der Waals surface area contributed by atoms with Gasteiger partial charge in [0.2, 0.25) is 0 Å². The standard InChI is InChI=1S/C31H40N8O4/c1-31(2,3)43-30(41)39-15-13-38(14-16-39)28-17-22(9-10-34-28)25-18-24(19-26(36-25)37-27-20-32-11-12-33-27)35-23-7-5-21(6-8-23)29(40)42-4/h9-12,17-21,23H,5-8,13-16H2,1-4H3,(H2,33,35,36,37)/t21-,23-. The van der Waals surface area contributed by atoms with Gasteiger partial charge in [-0.05, 0) is 64.7 Å². The first kappa shape index (κ1) is 30.0. The smallest absolute Gasteiger partial charge is 0.410 e. The number of rotatable bonds is 7. The SMILES string of the molecule is COC(=O)[C@H]1CC[C@H](Nc2cc(Nc3cnccn3)nc(-c3ccnc(N4CCN(C(=O)OC(C)(C)C)CC4)c3)c2)CC1. The van der Waals surface area contributed by atoms with E-state index in [4.69, 9.17) is 14.5 Å². The minimum Gasteiger partial charge on any atom is -0.469 e. The molecule has 43 heavy (non-hydrogen) atoms. The number of carbonyl (C=O) groups excluding carboxylic acids is 2. The molecular formula is C31H40N8O4. The summed E-state index contributed by atoms with van der Waals surface area (Å²) in [6, 6.07) is 8.20. The van der Waals surface area contributed by atoms with E-state index < -0.39 is 5.60 Å². The number of anilines is 4. The number of hydrogen-bond acceptors (Lipinski definition) is 11. The predicted octanol–water partition coefficient (Wildman–Crippen LogP) is 4.88. The Morgan fingerprint density at radius 2 is 1.70 bits per heavy atom. The molecule has 1 saturated heterocycles. The molecule has 3 aromatic rings. The fourth-order valence-corrected chi connectivity index (χ4v) is 5.39. The Morgan fingerprint density at radius 3 is 2.37 bits per heavy atom. The van der Waals surface area contributed by atoms with Gasteiger partial charge in [-0.3, -0.25) is 9.78 Å². The molecule has 2 fully saturated rings. The van der Waals surface area contributed by atoms with E-state index in [1.165, 1.54) is 7.11 Å². The number of nitrogens with zero attached hydrogens (tertiary/aromatic N) is 6. The van der Waals surface area contributed by atoms with E-state index in [9.17, 15) is 9.59 Å². The van der Waals surface area contributed by atoms with Gasteiger partial charge in [0.05, 0.1) is 24.9 Å². The van der Waals surface area contributed by atoms with Gasteiger partial charge in [0.15, 0.2) is 0 Å². The summed E-state index contributed by atoms with van der Waals surface area (Å²) in [4.78, 5) is 46.4. The van der Waals surface area contributed by atoms with E-state index >= 15 is 0 Å². The topological polar surface area (TPSA) is 135 Å². The van der Waals surface area contributed by atoms with Crippen molar-refractivity contribution in [1.82, 2.24) is 24.8 Å². The largest absolute Gasteiger partial charge is 0.469 e. The van der Waals surface area contributed by atoms with Gasteiger partial charge < -0.3 is 29.9 Å². The Morgan fingerprint density at radius 1 is 0.930 bits per heavy atom. The zero-order valence-corrected chi connectivity index (χ0v) is 25.2. The highest BCUT2D eigenvalue weighted by atomic mass is 16.6. The number of pyridine rings is 2. The summed E-state index contributed by atoms with van der Waals surface area (Å²) in [5.41, 5.74) is 2.08. The lowest BCUT2D eigenvalue weighted by Gasteiger charge is -2.36. The minimum absolute atomic E-state index is 0.0359. The summed E-state index contributed by atoms with van der Waals surface area (Å²) < 4.78 is 10.5. The highest BCUT2D eigenvalue weighted by molar-refractivity contribution is 5.73. The van der Waals surface area contributed by atoms with Gasteiger partial charge in [0.1, 0.15) is 23.1 Å². The van der Waals surface area contributed by atoms with Crippen molar-refractivity contribution in [2.45, 2.75) is 58.1 Å². The molecule has 0 bridgehead atoms. The Labute approximate surface area is 252 Å². The molecule has 0 spiro atoms. The highest BCUT2D eigenvalue weighted by Gasteiger charge is 2.28. The van der Waals surface area contributed by atoms with Gasteiger partial charge in [-0.15, -0.1) is 0 Å². The zero-order chi connectivity index (χ0) is 30.4. The summed E-state index contributed by atoms with van der Waals surface area (Å²) >= 11 is 0. The molecule has 1 aliphatic heterocycles. The van der Waals surface area contributed by atoms with Crippen molar-refractivity contribution in [3.63, 3.8) is 0 Å². The average molecular weight is 589 g/mol. The van der Waals surface area contributed by atoms with Gasteiger partial charge in [-0.1, -0.05) is 0 Å². The van der Waals surface area contributed by atoms with Gasteiger partial charge in [-0.25, -0.2) is 19.7 Å². The summed E-state index contributed by atoms with van der Waals surface area (Å²) in [6.45, 7) is 8.04. The van der Waals surface area contributed by atoms with Crippen LogP contribution in [0.3, 0.4) is 0 Å². The van der Waals surface area contributed by atoms with E-state index in [1.807, 2.05) is 45.0 Å². The maximum atomic E-state index is 12.5. The Balaban J connectivity index is 1.33. The molecule has 0 unspecified atom stereocenters. The van der Waals surface area contributed by atoms with Gasteiger partial charge >= 0.3 is 12.1 Å². The molecule has 4 heterocycles. The minimum atomic E-state index is -0.524. The number of nitrogens with one attached hydrogen (secondary N) is 2. The predicted molar refractivity (Wildman–Crippen MR) is 164 cm³/mol. The molecule has 0 atom stereocenters. The number of amides is 1. The van der Waals surface area contributed by atoms with Crippen molar-refractivity contribution in [1.29, 1.82) is 0 Å². The second-order valence-corrected chi connectivity index (χ2v) is 11.9. The zero-order valence-electron chi connectivity index (χ0n) is 25.2. The summed E-state index contributed by atoms with van der Waals surface area (Å²) in [5, 5.41) is 6.93. The van der Waals surface area contributed by atoms with Crippen molar-refractivity contribution >= 4 is 35.2 Å². The second-order valence-electron chi connectivity index (χ2n) is 11.9. The number of methoxy groups -OCH3 is 1. The van der Waals surface area contributed by atoms with Crippen LogP contribution in [0.25, 0.3) is 11.3 Å². The molecule has 0 aromatic carbocycles. The lowest BCUT2D eigenvalue weighted by molar-refractivity contribution is -0.146. The van der Waals surface area contributed by atoms with E-state index in [0.717, 1.165) is 48.4 Å². The molecule has 1 aliphatic carbocycles. The molecule has 228 valence electrons. The molecule has 12 heteroatoms. The van der Waals surface area contributed by atoms with Crippen LogP contribution in [-0.2, 0) is 14.3 Å². The van der Waals surface area contributed by atoms with Crippen LogP contribution in [0.15, 0.2) is 49.1 Å². The highest BCUT2D eigenvalue weighted by Crippen LogP contribution is 2.31.